The van der Waals surface area contributed by atoms with Gasteiger partial charge in [-0.1, -0.05) is 13.3 Å². The Morgan fingerprint density at radius 1 is 1.44 bits per heavy atom. The summed E-state index contributed by atoms with van der Waals surface area (Å²) in [6.07, 6.45) is 2.46. The van der Waals surface area contributed by atoms with Gasteiger partial charge in [0.05, 0.1) is 5.92 Å². The zero-order valence-electron chi connectivity index (χ0n) is 9.27. The van der Waals surface area contributed by atoms with Crippen LogP contribution in [0.3, 0.4) is 0 Å². The largest absolute Gasteiger partial charge is 0.481 e. The zero-order chi connectivity index (χ0) is 12.2. The van der Waals surface area contributed by atoms with Crippen molar-refractivity contribution in [2.75, 3.05) is 6.54 Å². The first kappa shape index (κ1) is 13.4. The third-order valence-electron chi connectivity index (χ3n) is 2.68. The van der Waals surface area contributed by atoms with Crippen LogP contribution in [0.1, 0.15) is 32.6 Å². The van der Waals surface area contributed by atoms with E-state index in [1.807, 2.05) is 0 Å². The van der Waals surface area contributed by atoms with Crippen LogP contribution in [0.2, 0.25) is 0 Å². The normalized spacial score (nSPS) is 26.6. The summed E-state index contributed by atoms with van der Waals surface area (Å²) in [6, 6.07) is -0.265. The van der Waals surface area contributed by atoms with Gasteiger partial charge < -0.3 is 5.11 Å². The molecule has 94 valence electrons. The first-order chi connectivity index (χ1) is 7.44. The van der Waals surface area contributed by atoms with Gasteiger partial charge in [-0.25, -0.2) is 4.72 Å². The summed E-state index contributed by atoms with van der Waals surface area (Å²) in [6.45, 7) is 2.02. The van der Waals surface area contributed by atoms with Gasteiger partial charge >= 0.3 is 5.97 Å². The fourth-order valence-electron chi connectivity index (χ4n) is 1.97. The predicted octanol–water partition coefficient (Wildman–Crippen LogP) is 0.0737. The molecule has 1 fully saturated rings. The summed E-state index contributed by atoms with van der Waals surface area (Å²) >= 11 is 0. The average Bonchev–Trinajstić information content (AvgIpc) is 2.17. The van der Waals surface area contributed by atoms with Gasteiger partial charge in [0.2, 0.25) is 0 Å². The Bertz CT molecular complexity index is 341. The second-order valence-electron chi connectivity index (χ2n) is 4.02. The molecule has 1 saturated carbocycles. The molecular weight excluding hydrogens is 232 g/mol. The number of carbonyl (C=O) groups is 1. The molecule has 2 atom stereocenters. The maximum absolute atomic E-state index is 11.4. The summed E-state index contributed by atoms with van der Waals surface area (Å²) in [7, 11) is -3.47. The van der Waals surface area contributed by atoms with Gasteiger partial charge in [-0.05, 0) is 19.3 Å². The van der Waals surface area contributed by atoms with E-state index in [0.29, 0.717) is 25.8 Å². The van der Waals surface area contributed by atoms with Crippen LogP contribution >= 0.6 is 0 Å². The number of aliphatic carboxylic acids is 1. The second kappa shape index (κ2) is 5.60. The van der Waals surface area contributed by atoms with Gasteiger partial charge in [0.15, 0.2) is 0 Å². The van der Waals surface area contributed by atoms with E-state index in [9.17, 15) is 13.2 Å². The molecule has 0 heterocycles. The summed E-state index contributed by atoms with van der Waals surface area (Å²) in [5.41, 5.74) is 0. The van der Waals surface area contributed by atoms with Gasteiger partial charge in [0, 0.05) is 12.6 Å². The molecule has 0 amide bonds. The van der Waals surface area contributed by atoms with Gasteiger partial charge in [-0.2, -0.15) is 13.1 Å². The standard InChI is InChI=1S/C9H18N2O4S/c1-2-10-16(14,15)11-8-5-3-4-7(6-8)9(12)13/h7-8,10-11H,2-6H2,1H3,(H,12,13). The number of hydrogen-bond acceptors (Lipinski definition) is 3. The van der Waals surface area contributed by atoms with E-state index in [1.165, 1.54) is 0 Å². The van der Waals surface area contributed by atoms with Crippen molar-refractivity contribution in [2.45, 2.75) is 38.6 Å². The summed E-state index contributed by atoms with van der Waals surface area (Å²) in [5, 5.41) is 8.86. The van der Waals surface area contributed by atoms with Crippen molar-refractivity contribution >= 4 is 16.2 Å². The molecule has 0 bridgehead atoms. The van der Waals surface area contributed by atoms with Crippen molar-refractivity contribution in [2.24, 2.45) is 5.92 Å². The highest BCUT2D eigenvalue weighted by atomic mass is 32.2. The SMILES string of the molecule is CCNS(=O)(=O)NC1CCCC(C(=O)O)C1. The van der Waals surface area contributed by atoms with Gasteiger partial charge in [-0.3, -0.25) is 4.79 Å². The highest BCUT2D eigenvalue weighted by Gasteiger charge is 2.29. The predicted molar refractivity (Wildman–Crippen MR) is 59.1 cm³/mol. The quantitative estimate of drug-likeness (QED) is 0.643. The number of nitrogens with one attached hydrogen (secondary N) is 2. The van der Waals surface area contributed by atoms with Crippen molar-refractivity contribution in [1.82, 2.24) is 9.44 Å². The Hall–Kier alpha value is -0.660. The van der Waals surface area contributed by atoms with E-state index in [-0.39, 0.29) is 6.04 Å². The molecule has 0 aliphatic heterocycles. The van der Waals surface area contributed by atoms with E-state index >= 15 is 0 Å². The lowest BCUT2D eigenvalue weighted by atomic mass is 9.86. The van der Waals surface area contributed by atoms with Crippen molar-refractivity contribution in [3.05, 3.63) is 0 Å². The molecule has 1 aliphatic carbocycles. The Labute approximate surface area is 95.6 Å². The van der Waals surface area contributed by atoms with Crippen molar-refractivity contribution in [3.8, 4) is 0 Å². The highest BCUT2D eigenvalue weighted by Crippen LogP contribution is 2.24. The minimum Gasteiger partial charge on any atom is -0.481 e. The van der Waals surface area contributed by atoms with Crippen LogP contribution in [-0.2, 0) is 15.0 Å². The van der Waals surface area contributed by atoms with E-state index in [4.69, 9.17) is 5.11 Å². The molecule has 3 N–H and O–H groups in total. The monoisotopic (exact) mass is 250 g/mol. The van der Waals surface area contributed by atoms with Crippen LogP contribution in [0.15, 0.2) is 0 Å². The topological polar surface area (TPSA) is 95.5 Å². The molecule has 2 unspecified atom stereocenters. The van der Waals surface area contributed by atoms with Crippen LogP contribution in [0.25, 0.3) is 0 Å². The molecule has 0 radical (unpaired) electrons. The Kier molecular flexibility index (Phi) is 4.69. The molecule has 0 aromatic rings. The van der Waals surface area contributed by atoms with E-state index in [2.05, 4.69) is 9.44 Å². The molecular formula is C9H18N2O4S. The highest BCUT2D eigenvalue weighted by molar-refractivity contribution is 7.87. The molecule has 16 heavy (non-hydrogen) atoms. The molecule has 1 rings (SSSR count). The number of carboxylic acids is 1. The summed E-state index contributed by atoms with van der Waals surface area (Å²) < 4.78 is 27.6. The third kappa shape index (κ3) is 4.07. The third-order valence-corrected chi connectivity index (χ3v) is 3.99. The first-order valence-corrected chi connectivity index (χ1v) is 6.92. The maximum atomic E-state index is 11.4. The zero-order valence-corrected chi connectivity index (χ0v) is 10.1. The number of hydrogen-bond donors (Lipinski definition) is 3. The molecule has 0 aromatic carbocycles. The van der Waals surface area contributed by atoms with Gasteiger partial charge in [-0.15, -0.1) is 0 Å². The summed E-state index contributed by atoms with van der Waals surface area (Å²) in [5.74, 6) is -1.27. The lowest BCUT2D eigenvalue weighted by Gasteiger charge is -2.27. The minimum absolute atomic E-state index is 0.265. The van der Waals surface area contributed by atoms with Gasteiger partial charge in [0.1, 0.15) is 0 Å². The lowest BCUT2D eigenvalue weighted by molar-refractivity contribution is -0.143. The molecule has 6 nitrogen and oxygen atoms in total. The Balaban J connectivity index is 2.52. The second-order valence-corrected chi connectivity index (χ2v) is 5.55. The van der Waals surface area contributed by atoms with Crippen LogP contribution in [0.5, 0.6) is 0 Å². The fraction of sp³-hybridized carbons (Fsp3) is 0.889. The van der Waals surface area contributed by atoms with Crippen LogP contribution < -0.4 is 9.44 Å². The fourth-order valence-corrected chi connectivity index (χ4v) is 3.09. The molecule has 7 heteroatoms. The van der Waals surface area contributed by atoms with Crippen molar-refractivity contribution in [3.63, 3.8) is 0 Å². The maximum Gasteiger partial charge on any atom is 0.306 e. The van der Waals surface area contributed by atoms with E-state index in [1.54, 1.807) is 6.92 Å². The van der Waals surface area contributed by atoms with Crippen LogP contribution in [0, 0.1) is 5.92 Å². The molecule has 0 saturated heterocycles. The van der Waals surface area contributed by atoms with Crippen molar-refractivity contribution < 1.29 is 18.3 Å². The van der Waals surface area contributed by atoms with Crippen LogP contribution in [0.4, 0.5) is 0 Å². The minimum atomic E-state index is -3.47. The Morgan fingerprint density at radius 3 is 2.69 bits per heavy atom. The Morgan fingerprint density at radius 2 is 2.12 bits per heavy atom. The molecule has 0 aromatic heterocycles. The smallest absolute Gasteiger partial charge is 0.306 e. The average molecular weight is 250 g/mol. The first-order valence-electron chi connectivity index (χ1n) is 5.44. The lowest BCUT2D eigenvalue weighted by Crippen LogP contribution is -2.45. The van der Waals surface area contributed by atoms with Crippen molar-refractivity contribution in [1.29, 1.82) is 0 Å². The van der Waals surface area contributed by atoms with E-state index < -0.39 is 22.1 Å². The number of carboxylic acid groups (broad SMARTS) is 1. The van der Waals surface area contributed by atoms with Gasteiger partial charge in [0.25, 0.3) is 10.2 Å². The molecule has 0 spiro atoms. The summed E-state index contributed by atoms with van der Waals surface area (Å²) in [4.78, 5) is 10.8. The van der Waals surface area contributed by atoms with Crippen LogP contribution in [-0.4, -0.2) is 32.1 Å². The molecule has 1 aliphatic rings. The number of rotatable bonds is 5. The van der Waals surface area contributed by atoms with E-state index in [0.717, 1.165) is 6.42 Å².